The lowest BCUT2D eigenvalue weighted by molar-refractivity contribution is -0.175. The van der Waals surface area contributed by atoms with Gasteiger partial charge in [-0.05, 0) is 20.3 Å². The van der Waals surface area contributed by atoms with Gasteiger partial charge in [-0.2, -0.15) is 0 Å². The Bertz CT molecular complexity index is 505. The third kappa shape index (κ3) is 15.4. The molecule has 6 heteroatoms. The summed E-state index contributed by atoms with van der Waals surface area (Å²) in [6, 6.07) is 0. The van der Waals surface area contributed by atoms with E-state index in [1.165, 1.54) is 83.5 Å². The molecular formula is C26H48O6. The maximum atomic E-state index is 11.9. The molecule has 0 rings (SSSR count). The fourth-order valence-electron chi connectivity index (χ4n) is 3.69. The first kappa shape index (κ1) is 30.6. The first-order valence-corrected chi connectivity index (χ1v) is 12.9. The molecule has 0 bridgehead atoms. The van der Waals surface area contributed by atoms with Crippen molar-refractivity contribution in [1.82, 2.24) is 0 Å². The minimum Gasteiger partial charge on any atom is -0.466 e. The monoisotopic (exact) mass is 456 g/mol. The largest absolute Gasteiger partial charge is 0.466 e. The van der Waals surface area contributed by atoms with E-state index in [1.54, 1.807) is 6.92 Å². The molecule has 188 valence electrons. The van der Waals surface area contributed by atoms with Crippen LogP contribution in [0.4, 0.5) is 0 Å². The summed E-state index contributed by atoms with van der Waals surface area (Å²) in [6.45, 7) is 5.12. The van der Waals surface area contributed by atoms with E-state index in [0.29, 0.717) is 0 Å². The van der Waals surface area contributed by atoms with Crippen molar-refractivity contribution in [2.45, 2.75) is 136 Å². The van der Waals surface area contributed by atoms with Gasteiger partial charge in [-0.25, -0.2) is 4.79 Å². The molecule has 0 radical (unpaired) electrons. The zero-order chi connectivity index (χ0) is 24.1. The summed E-state index contributed by atoms with van der Waals surface area (Å²) in [5, 5.41) is 10.2. The van der Waals surface area contributed by atoms with Crippen molar-refractivity contribution in [3.05, 3.63) is 0 Å². The molecule has 6 nitrogen and oxygen atoms in total. The number of hydrogen-bond acceptors (Lipinski definition) is 6. The molecule has 0 aromatic rings. The zero-order valence-electron chi connectivity index (χ0n) is 20.9. The van der Waals surface area contributed by atoms with Crippen molar-refractivity contribution in [2.75, 3.05) is 13.2 Å². The average Bonchev–Trinajstić information content (AvgIpc) is 2.75. The van der Waals surface area contributed by atoms with Crippen LogP contribution in [-0.4, -0.2) is 41.6 Å². The highest BCUT2D eigenvalue weighted by atomic mass is 16.6. The lowest BCUT2D eigenvalue weighted by Crippen LogP contribution is -2.48. The maximum absolute atomic E-state index is 11.9. The number of rotatable bonds is 22. The van der Waals surface area contributed by atoms with Crippen molar-refractivity contribution in [3.63, 3.8) is 0 Å². The van der Waals surface area contributed by atoms with E-state index in [-0.39, 0.29) is 13.2 Å². The Kier molecular flexibility index (Phi) is 19.3. The summed E-state index contributed by atoms with van der Waals surface area (Å²) >= 11 is 0. The molecule has 1 atom stereocenters. The molecule has 0 amide bonds. The molecular weight excluding hydrogens is 408 g/mol. The van der Waals surface area contributed by atoms with Gasteiger partial charge in [0.15, 0.2) is 5.78 Å². The van der Waals surface area contributed by atoms with Crippen LogP contribution in [0.25, 0.3) is 0 Å². The Morgan fingerprint density at radius 1 is 0.656 bits per heavy atom. The van der Waals surface area contributed by atoms with Gasteiger partial charge in [-0.15, -0.1) is 0 Å². The van der Waals surface area contributed by atoms with Crippen molar-refractivity contribution in [1.29, 1.82) is 0 Å². The molecule has 0 aromatic heterocycles. The van der Waals surface area contributed by atoms with Crippen LogP contribution in [0.2, 0.25) is 0 Å². The second-order valence-corrected chi connectivity index (χ2v) is 8.84. The number of hydrogen-bond donors (Lipinski definition) is 1. The van der Waals surface area contributed by atoms with E-state index in [4.69, 9.17) is 9.47 Å². The van der Waals surface area contributed by atoms with Crippen molar-refractivity contribution >= 4 is 17.7 Å². The van der Waals surface area contributed by atoms with Crippen LogP contribution in [0, 0.1) is 0 Å². The lowest BCUT2D eigenvalue weighted by atomic mass is 9.95. The van der Waals surface area contributed by atoms with Crippen LogP contribution in [0.1, 0.15) is 130 Å². The maximum Gasteiger partial charge on any atom is 0.346 e. The molecule has 0 aliphatic rings. The molecule has 0 fully saturated rings. The standard InChI is InChI=1S/C26H48O6/c1-4-6-7-8-9-10-11-12-13-14-15-16-17-18-19-20-21-32-24(28)22-26(30,23(3)27)25(29)31-5-2/h30H,4-22H2,1-3H3. The van der Waals surface area contributed by atoms with E-state index >= 15 is 0 Å². The number of ketones is 1. The number of unbranched alkanes of at least 4 members (excludes halogenated alkanes) is 15. The number of esters is 2. The fourth-order valence-corrected chi connectivity index (χ4v) is 3.69. The van der Waals surface area contributed by atoms with E-state index in [0.717, 1.165) is 26.2 Å². The lowest BCUT2D eigenvalue weighted by Gasteiger charge is -2.21. The Morgan fingerprint density at radius 3 is 1.44 bits per heavy atom. The molecule has 0 aromatic carbocycles. The van der Waals surface area contributed by atoms with Crippen LogP contribution in [0.5, 0.6) is 0 Å². The topological polar surface area (TPSA) is 89.9 Å². The second kappa shape index (κ2) is 20.2. The minimum absolute atomic E-state index is 0.0165. The number of Topliss-reactive ketones (excluding diaryl/α,β-unsaturated/α-hetero) is 1. The third-order valence-corrected chi connectivity index (χ3v) is 5.86. The van der Waals surface area contributed by atoms with Crippen LogP contribution in [-0.2, 0) is 23.9 Å². The quantitative estimate of drug-likeness (QED) is 0.121. The average molecular weight is 457 g/mol. The summed E-state index contributed by atoms with van der Waals surface area (Å²) in [5.74, 6) is -2.70. The van der Waals surface area contributed by atoms with Gasteiger partial charge in [-0.1, -0.05) is 103 Å². The van der Waals surface area contributed by atoms with E-state index in [2.05, 4.69) is 6.92 Å². The smallest absolute Gasteiger partial charge is 0.346 e. The SMILES string of the molecule is CCCCCCCCCCCCCCCCCCOC(=O)CC(O)(C(C)=O)C(=O)OCC. The molecule has 0 spiro atoms. The van der Waals surface area contributed by atoms with Gasteiger partial charge in [0, 0.05) is 0 Å². The zero-order valence-corrected chi connectivity index (χ0v) is 20.9. The predicted molar refractivity (Wildman–Crippen MR) is 127 cm³/mol. The molecule has 0 saturated carbocycles. The Morgan fingerprint density at radius 2 is 1.06 bits per heavy atom. The van der Waals surface area contributed by atoms with Crippen molar-refractivity contribution in [3.8, 4) is 0 Å². The summed E-state index contributed by atoms with van der Waals surface area (Å²) < 4.78 is 9.77. The van der Waals surface area contributed by atoms with Crippen molar-refractivity contribution in [2.24, 2.45) is 0 Å². The van der Waals surface area contributed by atoms with Gasteiger partial charge >= 0.3 is 11.9 Å². The number of ether oxygens (including phenoxy) is 2. The normalized spacial score (nSPS) is 12.9. The molecule has 0 aliphatic carbocycles. The summed E-state index contributed by atoms with van der Waals surface area (Å²) in [5.41, 5.74) is -2.46. The van der Waals surface area contributed by atoms with E-state index < -0.39 is 29.7 Å². The summed E-state index contributed by atoms with van der Waals surface area (Å²) in [7, 11) is 0. The van der Waals surface area contributed by atoms with Crippen molar-refractivity contribution < 1.29 is 29.0 Å². The predicted octanol–water partition coefficient (Wildman–Crippen LogP) is 6.06. The Labute approximate surface area is 195 Å². The van der Waals surface area contributed by atoms with Crippen LogP contribution in [0.15, 0.2) is 0 Å². The first-order chi connectivity index (χ1) is 15.4. The highest BCUT2D eigenvalue weighted by Crippen LogP contribution is 2.17. The van der Waals surface area contributed by atoms with Crippen LogP contribution >= 0.6 is 0 Å². The van der Waals surface area contributed by atoms with E-state index in [9.17, 15) is 19.5 Å². The van der Waals surface area contributed by atoms with Gasteiger partial charge in [0.05, 0.1) is 19.6 Å². The van der Waals surface area contributed by atoms with Gasteiger partial charge in [-0.3, -0.25) is 9.59 Å². The molecule has 0 heterocycles. The minimum atomic E-state index is -2.46. The first-order valence-electron chi connectivity index (χ1n) is 12.9. The molecule has 0 aliphatic heterocycles. The molecule has 1 unspecified atom stereocenters. The van der Waals surface area contributed by atoms with Gasteiger partial charge in [0.1, 0.15) is 0 Å². The molecule has 1 N–H and O–H groups in total. The molecule has 0 saturated heterocycles. The van der Waals surface area contributed by atoms with Gasteiger partial charge < -0.3 is 14.6 Å². The third-order valence-electron chi connectivity index (χ3n) is 5.86. The number of carbonyl (C=O) groups excluding carboxylic acids is 3. The fraction of sp³-hybridized carbons (Fsp3) is 0.885. The Balaban J connectivity index is 3.57. The highest BCUT2D eigenvalue weighted by molar-refractivity contribution is 6.08. The summed E-state index contributed by atoms with van der Waals surface area (Å²) in [4.78, 5) is 35.3. The van der Waals surface area contributed by atoms with E-state index in [1.807, 2.05) is 0 Å². The number of carbonyl (C=O) groups is 3. The van der Waals surface area contributed by atoms with Crippen LogP contribution in [0.3, 0.4) is 0 Å². The summed E-state index contributed by atoms with van der Waals surface area (Å²) in [6.07, 6.45) is 19.6. The van der Waals surface area contributed by atoms with Crippen LogP contribution < -0.4 is 0 Å². The molecule has 32 heavy (non-hydrogen) atoms. The highest BCUT2D eigenvalue weighted by Gasteiger charge is 2.45. The second-order valence-electron chi connectivity index (χ2n) is 8.84. The number of aliphatic hydroxyl groups is 1. The van der Waals surface area contributed by atoms with Gasteiger partial charge in [0.2, 0.25) is 5.60 Å². The van der Waals surface area contributed by atoms with Gasteiger partial charge in [0.25, 0.3) is 0 Å². The Hall–Kier alpha value is -1.43.